The highest BCUT2D eigenvalue weighted by Gasteiger charge is 2.50. The maximum atomic E-state index is 12.9. The highest BCUT2D eigenvalue weighted by atomic mass is 32.2. The Bertz CT molecular complexity index is 1130. The number of imide groups is 1. The van der Waals surface area contributed by atoms with Gasteiger partial charge in [-0.05, 0) is 38.0 Å². The van der Waals surface area contributed by atoms with E-state index in [9.17, 15) is 31.2 Å². The number of amides is 4. The molecule has 1 aromatic carbocycles. The molecule has 1 aromatic rings. The van der Waals surface area contributed by atoms with Crippen molar-refractivity contribution in [2.24, 2.45) is 0 Å². The zero-order valence-electron chi connectivity index (χ0n) is 16.8. The molecule has 2 saturated heterocycles. The maximum absolute atomic E-state index is 12.9. The molecule has 4 amide bonds. The van der Waals surface area contributed by atoms with Gasteiger partial charge in [0.25, 0.3) is 5.91 Å². The molecule has 164 valence electrons. The van der Waals surface area contributed by atoms with E-state index in [0.717, 1.165) is 11.2 Å². The number of sulfone groups is 2. The summed E-state index contributed by atoms with van der Waals surface area (Å²) in [5, 5.41) is 5.15. The minimum absolute atomic E-state index is 0.0333. The molecule has 2 fully saturated rings. The number of nitrogens with one attached hydrogen (secondary N) is 2. The van der Waals surface area contributed by atoms with E-state index in [2.05, 4.69) is 10.6 Å². The molecular formula is C18H23N3O7S2. The molecule has 2 atom stereocenters. The van der Waals surface area contributed by atoms with E-state index >= 15 is 0 Å². The number of benzene rings is 1. The van der Waals surface area contributed by atoms with Crippen LogP contribution in [-0.2, 0) is 34.8 Å². The van der Waals surface area contributed by atoms with Crippen LogP contribution in [0.25, 0.3) is 0 Å². The fraction of sp³-hybridized carbons (Fsp3) is 0.500. The Balaban J connectivity index is 1.75. The van der Waals surface area contributed by atoms with Gasteiger partial charge >= 0.3 is 6.03 Å². The molecule has 0 unspecified atom stereocenters. The van der Waals surface area contributed by atoms with Gasteiger partial charge in [0.1, 0.15) is 12.1 Å². The molecule has 2 heterocycles. The Morgan fingerprint density at radius 2 is 1.80 bits per heavy atom. The van der Waals surface area contributed by atoms with Gasteiger partial charge in [-0.2, -0.15) is 0 Å². The summed E-state index contributed by atoms with van der Waals surface area (Å²) in [6, 6.07) is 4.78. The van der Waals surface area contributed by atoms with Gasteiger partial charge in [-0.1, -0.05) is 12.1 Å². The van der Waals surface area contributed by atoms with Crippen molar-refractivity contribution in [2.75, 3.05) is 24.3 Å². The SMILES string of the molecule is C[C@@]1(NC(=O)CN2C(=O)N[C@](C)(c3ccc(S(C)(=O)=O)cc3)C2=O)CCS(=O)(=O)C1. The quantitative estimate of drug-likeness (QED) is 0.569. The van der Waals surface area contributed by atoms with E-state index in [1.165, 1.54) is 31.2 Å². The van der Waals surface area contributed by atoms with Crippen LogP contribution < -0.4 is 10.6 Å². The number of carbonyl (C=O) groups is 3. The van der Waals surface area contributed by atoms with Crippen molar-refractivity contribution < 1.29 is 31.2 Å². The molecule has 2 N–H and O–H groups in total. The Morgan fingerprint density at radius 1 is 1.20 bits per heavy atom. The fourth-order valence-corrected chi connectivity index (χ4v) is 6.42. The summed E-state index contributed by atoms with van der Waals surface area (Å²) >= 11 is 0. The minimum Gasteiger partial charge on any atom is -0.348 e. The summed E-state index contributed by atoms with van der Waals surface area (Å²) in [5.41, 5.74) is -2.04. The summed E-state index contributed by atoms with van der Waals surface area (Å²) < 4.78 is 46.6. The van der Waals surface area contributed by atoms with Gasteiger partial charge in [0.2, 0.25) is 5.91 Å². The Hall–Kier alpha value is -2.47. The second kappa shape index (κ2) is 7.05. The van der Waals surface area contributed by atoms with Gasteiger partial charge in [-0.15, -0.1) is 0 Å². The molecule has 2 aliphatic heterocycles. The lowest BCUT2D eigenvalue weighted by atomic mass is 9.92. The van der Waals surface area contributed by atoms with Crippen molar-refractivity contribution >= 4 is 37.5 Å². The van der Waals surface area contributed by atoms with Crippen LogP contribution in [0.5, 0.6) is 0 Å². The van der Waals surface area contributed by atoms with E-state index in [1.54, 1.807) is 6.92 Å². The van der Waals surface area contributed by atoms with Crippen molar-refractivity contribution in [3.63, 3.8) is 0 Å². The van der Waals surface area contributed by atoms with Gasteiger partial charge in [0.15, 0.2) is 19.7 Å². The minimum atomic E-state index is -3.42. The fourth-order valence-electron chi connectivity index (χ4n) is 3.70. The predicted octanol–water partition coefficient (Wildman–Crippen LogP) is -0.449. The zero-order chi connectivity index (χ0) is 22.5. The standard InChI is InChI=1S/C18H23N3O7S2/c1-17(8-9-30(27,28)11-17)19-14(22)10-21-15(23)18(2,20-16(21)24)12-4-6-13(7-5-12)29(3,25)26/h4-7H,8-11H2,1-3H3,(H,19,22)(H,20,24)/t17-,18-/m1/s1. The van der Waals surface area contributed by atoms with Crippen molar-refractivity contribution in [3.05, 3.63) is 29.8 Å². The van der Waals surface area contributed by atoms with Crippen molar-refractivity contribution in [1.29, 1.82) is 0 Å². The van der Waals surface area contributed by atoms with E-state index in [0.29, 0.717) is 5.56 Å². The Kier molecular flexibility index (Phi) is 5.22. The molecule has 2 aliphatic rings. The molecule has 0 aliphatic carbocycles. The summed E-state index contributed by atoms with van der Waals surface area (Å²) in [6.07, 6.45) is 1.31. The van der Waals surface area contributed by atoms with Crippen LogP contribution in [0.1, 0.15) is 25.8 Å². The van der Waals surface area contributed by atoms with E-state index in [4.69, 9.17) is 0 Å². The third kappa shape index (κ3) is 4.19. The van der Waals surface area contributed by atoms with Gasteiger partial charge in [0.05, 0.1) is 21.9 Å². The molecule has 30 heavy (non-hydrogen) atoms. The summed E-state index contributed by atoms with van der Waals surface area (Å²) in [4.78, 5) is 38.5. The number of urea groups is 1. The van der Waals surface area contributed by atoms with Gasteiger partial charge in [0, 0.05) is 6.26 Å². The number of rotatable bonds is 5. The van der Waals surface area contributed by atoms with Crippen LogP contribution in [0.2, 0.25) is 0 Å². The number of hydrogen-bond acceptors (Lipinski definition) is 7. The van der Waals surface area contributed by atoms with Crippen LogP contribution in [0.15, 0.2) is 29.2 Å². The molecule has 0 radical (unpaired) electrons. The lowest BCUT2D eigenvalue weighted by Gasteiger charge is -2.25. The average molecular weight is 458 g/mol. The lowest BCUT2D eigenvalue weighted by Crippen LogP contribution is -2.51. The first-order chi connectivity index (χ1) is 13.7. The molecule has 12 heteroatoms. The number of hydrogen-bond donors (Lipinski definition) is 2. The smallest absolute Gasteiger partial charge is 0.325 e. The highest BCUT2D eigenvalue weighted by Crippen LogP contribution is 2.30. The second-order valence-electron chi connectivity index (χ2n) is 8.19. The molecule has 10 nitrogen and oxygen atoms in total. The van der Waals surface area contributed by atoms with Crippen molar-refractivity contribution in [2.45, 2.75) is 36.2 Å². The maximum Gasteiger partial charge on any atom is 0.325 e. The van der Waals surface area contributed by atoms with Crippen molar-refractivity contribution in [3.8, 4) is 0 Å². The van der Waals surface area contributed by atoms with E-state index < -0.39 is 55.1 Å². The van der Waals surface area contributed by atoms with E-state index in [-0.39, 0.29) is 22.8 Å². The van der Waals surface area contributed by atoms with Crippen LogP contribution >= 0.6 is 0 Å². The van der Waals surface area contributed by atoms with Crippen LogP contribution in [-0.4, -0.2) is 69.4 Å². The molecule has 0 aromatic heterocycles. The van der Waals surface area contributed by atoms with Crippen LogP contribution in [0, 0.1) is 0 Å². The van der Waals surface area contributed by atoms with Crippen LogP contribution in [0.3, 0.4) is 0 Å². The lowest BCUT2D eigenvalue weighted by molar-refractivity contribution is -0.135. The van der Waals surface area contributed by atoms with Gasteiger partial charge in [-0.25, -0.2) is 21.6 Å². The summed E-state index contributed by atoms with van der Waals surface area (Å²) in [5.74, 6) is -1.54. The normalized spacial score (nSPS) is 28.4. The zero-order valence-corrected chi connectivity index (χ0v) is 18.4. The van der Waals surface area contributed by atoms with Gasteiger partial charge in [-0.3, -0.25) is 14.5 Å². The third-order valence-electron chi connectivity index (χ3n) is 5.38. The summed E-state index contributed by atoms with van der Waals surface area (Å²) in [7, 11) is -6.65. The molecular weight excluding hydrogens is 434 g/mol. The second-order valence-corrected chi connectivity index (χ2v) is 12.4. The first kappa shape index (κ1) is 22.2. The number of carbonyl (C=O) groups excluding carboxylic acids is 3. The predicted molar refractivity (Wildman–Crippen MR) is 107 cm³/mol. The average Bonchev–Trinajstić information content (AvgIpc) is 3.01. The van der Waals surface area contributed by atoms with E-state index in [1.807, 2.05) is 0 Å². The monoisotopic (exact) mass is 457 g/mol. The molecule has 0 spiro atoms. The molecule has 0 saturated carbocycles. The first-order valence-electron chi connectivity index (χ1n) is 9.11. The summed E-state index contributed by atoms with van der Waals surface area (Å²) in [6.45, 7) is 2.51. The number of nitrogens with zero attached hydrogens (tertiary/aromatic N) is 1. The topological polar surface area (TPSA) is 147 Å². The Labute approximate surface area is 174 Å². The van der Waals surface area contributed by atoms with Crippen molar-refractivity contribution in [1.82, 2.24) is 15.5 Å². The highest BCUT2D eigenvalue weighted by molar-refractivity contribution is 7.91. The van der Waals surface area contributed by atoms with Gasteiger partial charge < -0.3 is 10.6 Å². The first-order valence-corrected chi connectivity index (χ1v) is 12.8. The third-order valence-corrected chi connectivity index (χ3v) is 8.41. The largest absolute Gasteiger partial charge is 0.348 e. The van der Waals surface area contributed by atoms with Crippen LogP contribution in [0.4, 0.5) is 4.79 Å². The Morgan fingerprint density at radius 3 is 2.30 bits per heavy atom. The molecule has 3 rings (SSSR count). The molecule has 0 bridgehead atoms.